The van der Waals surface area contributed by atoms with Crippen LogP contribution in [0.3, 0.4) is 0 Å². The van der Waals surface area contributed by atoms with Crippen LogP contribution < -0.4 is 15.6 Å². The predicted octanol–water partition coefficient (Wildman–Crippen LogP) is 1.87. The third kappa shape index (κ3) is 3.88. The molecule has 10 heteroatoms. The van der Waals surface area contributed by atoms with Gasteiger partial charge in [0.1, 0.15) is 11.4 Å². The highest BCUT2D eigenvalue weighted by atomic mass is 32.2. The van der Waals surface area contributed by atoms with E-state index in [9.17, 15) is 14.3 Å². The van der Waals surface area contributed by atoms with E-state index in [0.717, 1.165) is 60.8 Å². The molecule has 0 bridgehead atoms. The van der Waals surface area contributed by atoms with Gasteiger partial charge in [-0.05, 0) is 43.6 Å². The highest BCUT2D eigenvalue weighted by Crippen LogP contribution is 2.38. The van der Waals surface area contributed by atoms with Crippen molar-refractivity contribution in [3.8, 4) is 5.88 Å². The van der Waals surface area contributed by atoms with E-state index in [1.54, 1.807) is 17.8 Å². The van der Waals surface area contributed by atoms with E-state index in [0.29, 0.717) is 23.7 Å². The second-order valence-corrected chi connectivity index (χ2v) is 10.4. The minimum Gasteiger partial charge on any atom is -0.476 e. The number of piperidine rings is 1. The topological polar surface area (TPSA) is 92.5 Å². The number of rotatable bonds is 5. The molecule has 3 aliphatic heterocycles. The Labute approximate surface area is 200 Å². The summed E-state index contributed by atoms with van der Waals surface area (Å²) in [5.41, 5.74) is 0.567. The Balaban J connectivity index is 1.09. The Morgan fingerprint density at radius 3 is 2.97 bits per heavy atom. The van der Waals surface area contributed by atoms with Crippen molar-refractivity contribution in [1.29, 1.82) is 0 Å². The standard InChI is InChI=1S/C24H26FN5O3S/c25-17-12-27-18-1-2-20(31)30-14-24(32,21(17)22(18)30)13-29-5-3-16(4-6-29)26-10-15-9-19-23(28-11-15)33-7-8-34-19/h1-2,9,11-12,16,26,32H,3-8,10,13-14H2/t24-/m0/s1. The molecule has 0 amide bonds. The Kier molecular flexibility index (Phi) is 5.56. The molecule has 6 rings (SSSR count). The molecule has 34 heavy (non-hydrogen) atoms. The van der Waals surface area contributed by atoms with Gasteiger partial charge in [-0.2, -0.15) is 0 Å². The Morgan fingerprint density at radius 1 is 1.26 bits per heavy atom. The first-order valence-corrected chi connectivity index (χ1v) is 12.6. The largest absolute Gasteiger partial charge is 0.476 e. The summed E-state index contributed by atoms with van der Waals surface area (Å²) in [6.45, 7) is 3.35. The van der Waals surface area contributed by atoms with E-state index in [2.05, 4.69) is 26.3 Å². The first kappa shape index (κ1) is 22.0. The summed E-state index contributed by atoms with van der Waals surface area (Å²) in [4.78, 5) is 24.2. The fraction of sp³-hybridized carbons (Fsp3) is 0.458. The van der Waals surface area contributed by atoms with Crippen molar-refractivity contribution in [3.63, 3.8) is 0 Å². The van der Waals surface area contributed by atoms with Gasteiger partial charge < -0.3 is 19.7 Å². The van der Waals surface area contributed by atoms with Crippen molar-refractivity contribution in [3.05, 3.63) is 57.9 Å². The maximum absolute atomic E-state index is 14.8. The summed E-state index contributed by atoms with van der Waals surface area (Å²) in [5, 5.41) is 15.1. The Hall–Kier alpha value is -2.53. The predicted molar refractivity (Wildman–Crippen MR) is 127 cm³/mol. The smallest absolute Gasteiger partial charge is 0.251 e. The summed E-state index contributed by atoms with van der Waals surface area (Å²) in [7, 11) is 0. The average molecular weight is 484 g/mol. The molecule has 3 aromatic heterocycles. The number of aromatic nitrogens is 3. The fourth-order valence-electron chi connectivity index (χ4n) is 5.31. The van der Waals surface area contributed by atoms with Gasteiger partial charge in [0.25, 0.3) is 5.56 Å². The first-order chi connectivity index (χ1) is 16.5. The van der Waals surface area contributed by atoms with Crippen LogP contribution in [-0.2, 0) is 18.7 Å². The van der Waals surface area contributed by atoms with E-state index in [1.807, 2.05) is 6.20 Å². The van der Waals surface area contributed by atoms with Crippen molar-refractivity contribution in [2.45, 2.75) is 42.5 Å². The van der Waals surface area contributed by atoms with Crippen LogP contribution in [0.2, 0.25) is 0 Å². The molecular formula is C24H26FN5O3S. The molecule has 2 N–H and O–H groups in total. The summed E-state index contributed by atoms with van der Waals surface area (Å²) in [6, 6.07) is 5.51. The zero-order valence-corrected chi connectivity index (χ0v) is 19.5. The molecule has 0 spiro atoms. The van der Waals surface area contributed by atoms with Gasteiger partial charge in [-0.1, -0.05) is 0 Å². The van der Waals surface area contributed by atoms with Crippen LogP contribution in [0.5, 0.6) is 5.88 Å². The van der Waals surface area contributed by atoms with Gasteiger partial charge in [0.05, 0.1) is 40.8 Å². The molecule has 178 valence electrons. The van der Waals surface area contributed by atoms with Crippen molar-refractivity contribution < 1.29 is 14.2 Å². The number of hydrogen-bond donors (Lipinski definition) is 2. The molecular weight excluding hydrogens is 457 g/mol. The molecule has 1 fully saturated rings. The quantitative estimate of drug-likeness (QED) is 0.568. The van der Waals surface area contributed by atoms with Crippen LogP contribution in [0.1, 0.15) is 24.0 Å². The number of thioether (sulfide) groups is 1. The van der Waals surface area contributed by atoms with E-state index in [-0.39, 0.29) is 24.2 Å². The van der Waals surface area contributed by atoms with Crippen LogP contribution in [0, 0.1) is 5.82 Å². The number of ether oxygens (including phenoxy) is 1. The fourth-order valence-corrected chi connectivity index (χ4v) is 6.16. The second-order valence-electron chi connectivity index (χ2n) is 9.28. The number of β-amino-alcohol motifs (C(OH)–C–C–N with tert-alkyl or cyclic N) is 1. The van der Waals surface area contributed by atoms with Crippen molar-refractivity contribution in [2.24, 2.45) is 0 Å². The Morgan fingerprint density at radius 2 is 2.12 bits per heavy atom. The first-order valence-electron chi connectivity index (χ1n) is 11.6. The molecule has 6 heterocycles. The lowest BCUT2D eigenvalue weighted by Crippen LogP contribution is -2.48. The normalized spacial score (nSPS) is 22.6. The van der Waals surface area contributed by atoms with Crippen molar-refractivity contribution in [1.82, 2.24) is 24.8 Å². The minimum absolute atomic E-state index is 0.0480. The summed E-state index contributed by atoms with van der Waals surface area (Å²) in [6.07, 6.45) is 4.85. The van der Waals surface area contributed by atoms with E-state index >= 15 is 0 Å². The number of aliphatic hydroxyl groups is 1. The van der Waals surface area contributed by atoms with Crippen LogP contribution in [-0.4, -0.2) is 62.6 Å². The maximum atomic E-state index is 14.8. The molecule has 1 saturated heterocycles. The lowest BCUT2D eigenvalue weighted by atomic mass is 9.93. The minimum atomic E-state index is -1.45. The van der Waals surface area contributed by atoms with E-state index in [1.165, 1.54) is 10.6 Å². The summed E-state index contributed by atoms with van der Waals surface area (Å²) in [5.74, 6) is 1.11. The monoisotopic (exact) mass is 483 g/mol. The lowest BCUT2D eigenvalue weighted by Gasteiger charge is -2.37. The van der Waals surface area contributed by atoms with Gasteiger partial charge in [0.15, 0.2) is 0 Å². The second kappa shape index (κ2) is 8.60. The maximum Gasteiger partial charge on any atom is 0.251 e. The zero-order valence-electron chi connectivity index (χ0n) is 18.7. The zero-order chi connectivity index (χ0) is 23.3. The number of nitrogens with zero attached hydrogens (tertiary/aromatic N) is 4. The molecule has 3 aliphatic rings. The molecule has 0 radical (unpaired) electrons. The van der Waals surface area contributed by atoms with E-state index in [4.69, 9.17) is 4.74 Å². The highest BCUT2D eigenvalue weighted by Gasteiger charge is 2.43. The van der Waals surface area contributed by atoms with Crippen molar-refractivity contribution >= 4 is 22.8 Å². The van der Waals surface area contributed by atoms with Crippen LogP contribution in [0.15, 0.2) is 40.3 Å². The van der Waals surface area contributed by atoms with Gasteiger partial charge in [-0.25, -0.2) is 9.37 Å². The molecule has 0 aliphatic carbocycles. The third-order valence-electron chi connectivity index (χ3n) is 6.96. The highest BCUT2D eigenvalue weighted by molar-refractivity contribution is 7.99. The summed E-state index contributed by atoms with van der Waals surface area (Å²) < 4.78 is 21.8. The van der Waals surface area contributed by atoms with Gasteiger partial charge in [0.2, 0.25) is 5.88 Å². The van der Waals surface area contributed by atoms with Crippen LogP contribution in [0.25, 0.3) is 11.0 Å². The van der Waals surface area contributed by atoms with Crippen LogP contribution >= 0.6 is 11.8 Å². The number of nitrogens with one attached hydrogen (secondary N) is 1. The third-order valence-corrected chi connectivity index (χ3v) is 7.94. The number of halogens is 1. The molecule has 3 aromatic rings. The number of pyridine rings is 3. The molecule has 1 atom stereocenters. The number of fused-ring (bicyclic) bond motifs is 1. The molecule has 0 saturated carbocycles. The van der Waals surface area contributed by atoms with Gasteiger partial charge in [-0.15, -0.1) is 11.8 Å². The van der Waals surface area contributed by atoms with Crippen molar-refractivity contribution in [2.75, 3.05) is 32.0 Å². The van der Waals surface area contributed by atoms with Crippen LogP contribution in [0.4, 0.5) is 4.39 Å². The number of likely N-dealkylation sites (tertiary alicyclic amines) is 1. The average Bonchev–Trinajstić information content (AvgIpc) is 3.17. The van der Waals surface area contributed by atoms with Gasteiger partial charge >= 0.3 is 0 Å². The number of hydrogen-bond acceptors (Lipinski definition) is 8. The molecule has 8 nitrogen and oxygen atoms in total. The SMILES string of the molecule is O=c1ccc2ncc(F)c3c2n1C[C@@]3(O)CN1CCC(NCc2cnc3c(c2)SCCO3)CC1. The molecule has 0 unspecified atom stereocenters. The van der Waals surface area contributed by atoms with E-state index < -0.39 is 11.4 Å². The van der Waals surface area contributed by atoms with Gasteiger partial charge in [-0.3, -0.25) is 14.7 Å². The Bertz CT molecular complexity index is 1310. The molecule has 0 aromatic carbocycles. The summed E-state index contributed by atoms with van der Waals surface area (Å²) >= 11 is 1.78. The van der Waals surface area contributed by atoms with Gasteiger partial charge in [0, 0.05) is 37.1 Å². The lowest BCUT2D eigenvalue weighted by molar-refractivity contribution is -0.0159.